The van der Waals surface area contributed by atoms with Gasteiger partial charge in [-0.3, -0.25) is 14.2 Å². The molecule has 0 bridgehead atoms. The Balaban J connectivity index is 1.71. The van der Waals surface area contributed by atoms with Crippen LogP contribution in [0.25, 0.3) is 11.4 Å². The minimum Gasteiger partial charge on any atom is -0.507 e. The summed E-state index contributed by atoms with van der Waals surface area (Å²) >= 11 is 8.48. The Kier molecular flexibility index (Phi) is 9.57. The van der Waals surface area contributed by atoms with Crippen molar-refractivity contribution in [2.24, 2.45) is 0 Å². The third-order valence-corrected chi connectivity index (χ3v) is 5.61. The van der Waals surface area contributed by atoms with Crippen LogP contribution in [0, 0.1) is 0 Å². The SMILES string of the molecule is CCOC(=O)/C=C(\O)c1ccccc1N(CCC(=O)Nc1ccc(-n2c(S)nnc2S)cc1)CC(=O)O. The van der Waals surface area contributed by atoms with Gasteiger partial charge in [-0.1, -0.05) is 12.1 Å². The van der Waals surface area contributed by atoms with Crippen molar-refractivity contribution in [3.8, 4) is 5.69 Å². The van der Waals surface area contributed by atoms with E-state index in [1.165, 1.54) is 4.90 Å². The van der Waals surface area contributed by atoms with Crippen molar-refractivity contribution in [2.45, 2.75) is 23.7 Å². The molecule has 3 aromatic rings. The van der Waals surface area contributed by atoms with Crippen molar-refractivity contribution in [2.75, 3.05) is 29.9 Å². The van der Waals surface area contributed by atoms with E-state index in [9.17, 15) is 24.6 Å². The summed E-state index contributed by atoms with van der Waals surface area (Å²) in [6, 6.07) is 13.3. The third kappa shape index (κ3) is 7.51. The Hall–Kier alpha value is -3.97. The molecule has 1 amide bonds. The maximum absolute atomic E-state index is 12.6. The number of aliphatic hydroxyl groups is 1. The van der Waals surface area contributed by atoms with Crippen LogP contribution in [0.2, 0.25) is 0 Å². The molecule has 3 N–H and O–H groups in total. The van der Waals surface area contributed by atoms with Crippen LogP contribution in [0.15, 0.2) is 64.9 Å². The molecular weight excluding hydrogens is 518 g/mol. The third-order valence-electron chi connectivity index (χ3n) is 5.03. The number of aliphatic hydroxyl groups excluding tert-OH is 1. The van der Waals surface area contributed by atoms with Gasteiger partial charge in [0.05, 0.1) is 18.4 Å². The smallest absolute Gasteiger partial charge is 0.334 e. The molecule has 0 radical (unpaired) electrons. The van der Waals surface area contributed by atoms with Crippen LogP contribution in [0.1, 0.15) is 18.9 Å². The predicted octanol–water partition coefficient (Wildman–Crippen LogP) is 3.23. The van der Waals surface area contributed by atoms with Crippen molar-refractivity contribution in [1.82, 2.24) is 14.8 Å². The summed E-state index contributed by atoms with van der Waals surface area (Å²) < 4.78 is 6.44. The molecule has 0 aliphatic rings. The Bertz CT molecular complexity index is 1290. The van der Waals surface area contributed by atoms with Gasteiger partial charge in [0, 0.05) is 29.9 Å². The number of para-hydroxylation sites is 1. The number of carbonyl (C=O) groups excluding carboxylic acids is 2. The largest absolute Gasteiger partial charge is 0.507 e. The van der Waals surface area contributed by atoms with Crippen LogP contribution < -0.4 is 10.2 Å². The molecule has 11 nitrogen and oxygen atoms in total. The number of nitrogens with one attached hydrogen (secondary N) is 1. The highest BCUT2D eigenvalue weighted by Crippen LogP contribution is 2.26. The van der Waals surface area contributed by atoms with E-state index in [0.29, 0.717) is 27.4 Å². The molecular formula is C24H25N5O6S2. The number of hydrogen-bond donors (Lipinski definition) is 5. The fourth-order valence-corrected chi connectivity index (χ4v) is 4.03. The van der Waals surface area contributed by atoms with Crippen molar-refractivity contribution in [1.29, 1.82) is 0 Å². The fourth-order valence-electron chi connectivity index (χ4n) is 3.44. The minimum atomic E-state index is -1.12. The summed E-state index contributed by atoms with van der Waals surface area (Å²) in [6.07, 6.45) is 0.879. The quantitative estimate of drug-likeness (QED) is 0.106. The van der Waals surface area contributed by atoms with E-state index >= 15 is 0 Å². The number of aromatic nitrogens is 3. The zero-order chi connectivity index (χ0) is 26.9. The van der Waals surface area contributed by atoms with Crippen molar-refractivity contribution < 1.29 is 29.3 Å². The highest BCUT2D eigenvalue weighted by Gasteiger charge is 2.18. The lowest BCUT2D eigenvalue weighted by molar-refractivity contribution is -0.137. The van der Waals surface area contributed by atoms with Crippen molar-refractivity contribution in [3.05, 3.63) is 60.2 Å². The lowest BCUT2D eigenvalue weighted by Crippen LogP contribution is -2.33. The van der Waals surface area contributed by atoms with E-state index in [2.05, 4.69) is 40.8 Å². The summed E-state index contributed by atoms with van der Waals surface area (Å²) in [5.41, 5.74) is 1.81. The summed E-state index contributed by atoms with van der Waals surface area (Å²) in [7, 11) is 0. The highest BCUT2D eigenvalue weighted by molar-refractivity contribution is 7.80. The van der Waals surface area contributed by atoms with Gasteiger partial charge < -0.3 is 25.2 Å². The lowest BCUT2D eigenvalue weighted by Gasteiger charge is -2.25. The van der Waals surface area contributed by atoms with E-state index < -0.39 is 18.5 Å². The van der Waals surface area contributed by atoms with Crippen LogP contribution in [-0.2, 0) is 19.1 Å². The number of hydrogen-bond acceptors (Lipinski definition) is 10. The Morgan fingerprint density at radius 2 is 1.70 bits per heavy atom. The molecule has 0 spiro atoms. The molecule has 0 unspecified atom stereocenters. The van der Waals surface area contributed by atoms with Gasteiger partial charge in [0.25, 0.3) is 0 Å². The molecule has 0 saturated heterocycles. The monoisotopic (exact) mass is 543 g/mol. The zero-order valence-electron chi connectivity index (χ0n) is 19.7. The van der Waals surface area contributed by atoms with Gasteiger partial charge in [0.2, 0.25) is 5.91 Å². The van der Waals surface area contributed by atoms with Crippen LogP contribution in [0.3, 0.4) is 0 Å². The summed E-state index contributed by atoms with van der Waals surface area (Å²) in [4.78, 5) is 37.4. The van der Waals surface area contributed by atoms with E-state index in [1.54, 1.807) is 60.0 Å². The summed E-state index contributed by atoms with van der Waals surface area (Å²) in [5, 5.41) is 31.0. The van der Waals surface area contributed by atoms with Crippen LogP contribution >= 0.6 is 25.3 Å². The number of thiol groups is 2. The number of anilines is 2. The van der Waals surface area contributed by atoms with Gasteiger partial charge in [0.1, 0.15) is 12.3 Å². The van der Waals surface area contributed by atoms with Gasteiger partial charge in [-0.2, -0.15) is 0 Å². The van der Waals surface area contributed by atoms with Crippen molar-refractivity contribution in [3.63, 3.8) is 0 Å². The molecule has 1 heterocycles. The molecule has 0 saturated carbocycles. The summed E-state index contributed by atoms with van der Waals surface area (Å²) in [5.74, 6) is -2.58. The Labute approximate surface area is 223 Å². The van der Waals surface area contributed by atoms with Crippen molar-refractivity contribution >= 4 is 60.2 Å². The van der Waals surface area contributed by atoms with Gasteiger partial charge in [-0.15, -0.1) is 35.5 Å². The normalized spacial score (nSPS) is 11.2. The van der Waals surface area contributed by atoms with E-state index in [4.69, 9.17) is 4.74 Å². The number of nitrogens with zero attached hydrogens (tertiary/aromatic N) is 4. The molecule has 2 aromatic carbocycles. The molecule has 37 heavy (non-hydrogen) atoms. The number of aliphatic carboxylic acids is 1. The fraction of sp³-hybridized carbons (Fsp3) is 0.208. The maximum Gasteiger partial charge on any atom is 0.334 e. The average Bonchev–Trinajstić information content (AvgIpc) is 3.20. The topological polar surface area (TPSA) is 147 Å². The molecule has 0 fully saturated rings. The number of amides is 1. The second kappa shape index (κ2) is 12.8. The zero-order valence-corrected chi connectivity index (χ0v) is 21.5. The molecule has 1 aromatic heterocycles. The number of carbonyl (C=O) groups is 3. The van der Waals surface area contributed by atoms with Gasteiger partial charge in [-0.25, -0.2) is 4.79 Å². The number of rotatable bonds is 11. The number of carboxylic acids is 1. The molecule has 0 aliphatic heterocycles. The first-order chi connectivity index (χ1) is 17.7. The standard InChI is InChI=1S/C24H25N5O6S2/c1-2-35-22(34)13-19(30)17-5-3-4-6-18(17)28(14-21(32)33)12-11-20(31)25-15-7-9-16(10-8-15)29-23(36)26-27-24(29)37/h3-10,13,30H,2,11-12,14H2,1H3,(H,25,31)(H,26,36)(H,27,37)(H,32,33)/b19-13-. The van der Waals surface area contributed by atoms with Crippen LogP contribution in [0.5, 0.6) is 0 Å². The average molecular weight is 544 g/mol. The minimum absolute atomic E-state index is 0.0344. The van der Waals surface area contributed by atoms with Gasteiger partial charge in [0.15, 0.2) is 10.3 Å². The first-order valence-corrected chi connectivity index (χ1v) is 12.0. The first kappa shape index (κ1) is 27.6. The molecule has 13 heteroatoms. The number of esters is 1. The van der Waals surface area contributed by atoms with Gasteiger partial charge in [-0.05, 0) is 43.3 Å². The molecule has 194 valence electrons. The van der Waals surface area contributed by atoms with Crippen LogP contribution in [0.4, 0.5) is 11.4 Å². The first-order valence-electron chi connectivity index (χ1n) is 11.1. The molecule has 0 aliphatic carbocycles. The van der Waals surface area contributed by atoms with E-state index in [-0.39, 0.29) is 36.8 Å². The lowest BCUT2D eigenvalue weighted by atomic mass is 10.1. The predicted molar refractivity (Wildman–Crippen MR) is 143 cm³/mol. The van der Waals surface area contributed by atoms with Crippen LogP contribution in [-0.4, -0.2) is 62.5 Å². The summed E-state index contributed by atoms with van der Waals surface area (Å²) in [6.45, 7) is 1.38. The molecule has 3 rings (SSSR count). The van der Waals surface area contributed by atoms with E-state index in [0.717, 1.165) is 6.08 Å². The second-order valence-corrected chi connectivity index (χ2v) is 8.39. The maximum atomic E-state index is 12.6. The number of benzene rings is 2. The molecule has 0 atom stereocenters. The Morgan fingerprint density at radius 1 is 1.05 bits per heavy atom. The number of ether oxygens (including phenoxy) is 1. The second-order valence-electron chi connectivity index (χ2n) is 7.59. The van der Waals surface area contributed by atoms with Gasteiger partial charge >= 0.3 is 11.9 Å². The number of carboxylic acid groups (broad SMARTS) is 1. The Morgan fingerprint density at radius 3 is 2.32 bits per heavy atom. The highest BCUT2D eigenvalue weighted by atomic mass is 32.1. The van der Waals surface area contributed by atoms with E-state index in [1.807, 2.05) is 0 Å².